The summed E-state index contributed by atoms with van der Waals surface area (Å²) >= 11 is 0. The summed E-state index contributed by atoms with van der Waals surface area (Å²) in [6.07, 6.45) is 3.38. The van der Waals surface area contributed by atoms with Crippen LogP contribution in [-0.2, 0) is 9.73 Å². The van der Waals surface area contributed by atoms with Crippen LogP contribution in [0.2, 0.25) is 0 Å². The average molecular weight is 305 g/mol. The molecule has 1 N–H and O–H groups in total. The molecule has 0 aliphatic heterocycles. The van der Waals surface area contributed by atoms with Crippen LogP contribution in [0.1, 0.15) is 32.6 Å². The molecule has 4 atom stereocenters. The van der Waals surface area contributed by atoms with Crippen LogP contribution in [-0.4, -0.2) is 21.3 Å². The van der Waals surface area contributed by atoms with E-state index in [1.165, 1.54) is 0 Å². The summed E-state index contributed by atoms with van der Waals surface area (Å²) in [6, 6.07) is 9.19. The minimum absolute atomic E-state index is 0.0112. The maximum atomic E-state index is 13.7. The first-order valence-corrected chi connectivity index (χ1v) is 8.96. The molecule has 0 amide bonds. The summed E-state index contributed by atoms with van der Waals surface area (Å²) < 4.78 is 17.9. The van der Waals surface area contributed by atoms with Crippen molar-refractivity contribution in [2.45, 2.75) is 42.4 Å². The molecule has 0 saturated heterocycles. The van der Waals surface area contributed by atoms with Crippen molar-refractivity contribution in [3.05, 3.63) is 42.5 Å². The standard InChI is InChI=1S/C17H23NO2S/c1-13-11-16(2)10-9-15(13)17(19,12-16)21(20,18-3)14-7-5-4-6-8-14/h4-8,15,19H,1,9-12H2,2-3H3/t15-,16-,17-,21+/m1/s1. The molecule has 21 heavy (non-hydrogen) atoms. The first-order valence-electron chi connectivity index (χ1n) is 7.45. The second kappa shape index (κ2) is 4.68. The average Bonchev–Trinajstić information content (AvgIpc) is 2.46. The van der Waals surface area contributed by atoms with E-state index in [-0.39, 0.29) is 11.3 Å². The van der Waals surface area contributed by atoms with E-state index in [2.05, 4.69) is 17.9 Å². The Morgan fingerprint density at radius 2 is 2.05 bits per heavy atom. The fourth-order valence-corrected chi connectivity index (χ4v) is 6.93. The van der Waals surface area contributed by atoms with E-state index >= 15 is 0 Å². The van der Waals surface area contributed by atoms with Gasteiger partial charge in [0.2, 0.25) is 0 Å². The number of aliphatic hydroxyl groups is 1. The van der Waals surface area contributed by atoms with Crippen molar-refractivity contribution in [2.24, 2.45) is 15.7 Å². The molecule has 4 heteroatoms. The van der Waals surface area contributed by atoms with Gasteiger partial charge in [0.25, 0.3) is 0 Å². The van der Waals surface area contributed by atoms with Gasteiger partial charge in [-0.1, -0.05) is 37.3 Å². The summed E-state index contributed by atoms with van der Waals surface area (Å²) in [7, 11) is -1.33. The minimum Gasteiger partial charge on any atom is -0.375 e. The third kappa shape index (κ3) is 2.00. The van der Waals surface area contributed by atoms with Gasteiger partial charge in [-0.2, -0.15) is 0 Å². The summed E-state index contributed by atoms with van der Waals surface area (Å²) in [6.45, 7) is 6.32. The van der Waals surface area contributed by atoms with Gasteiger partial charge in [-0.25, -0.2) is 8.57 Å². The van der Waals surface area contributed by atoms with Crippen LogP contribution >= 0.6 is 0 Å². The van der Waals surface area contributed by atoms with Gasteiger partial charge < -0.3 is 5.11 Å². The van der Waals surface area contributed by atoms with Crippen molar-refractivity contribution in [2.75, 3.05) is 7.05 Å². The number of hydrogen-bond donors (Lipinski definition) is 1. The second-order valence-corrected chi connectivity index (χ2v) is 9.38. The molecular formula is C17H23NO2S. The molecule has 1 aromatic rings. The number of rotatable bonds is 2. The summed E-state index contributed by atoms with van der Waals surface area (Å²) in [5.74, 6) is -0.115. The lowest BCUT2D eigenvalue weighted by molar-refractivity contribution is -0.0401. The van der Waals surface area contributed by atoms with E-state index in [9.17, 15) is 9.32 Å². The van der Waals surface area contributed by atoms with Gasteiger partial charge in [0.05, 0.1) is 4.90 Å². The predicted molar refractivity (Wildman–Crippen MR) is 85.4 cm³/mol. The lowest BCUT2D eigenvalue weighted by atomic mass is 9.58. The lowest BCUT2D eigenvalue weighted by Gasteiger charge is -2.55. The zero-order valence-corrected chi connectivity index (χ0v) is 13.5. The molecule has 3 aliphatic carbocycles. The van der Waals surface area contributed by atoms with Crippen LogP contribution in [0.3, 0.4) is 0 Å². The fraction of sp³-hybridized carbons (Fsp3) is 0.529. The molecule has 4 rings (SSSR count). The van der Waals surface area contributed by atoms with Crippen LogP contribution in [0.5, 0.6) is 0 Å². The number of fused-ring (bicyclic) bond motifs is 3. The largest absolute Gasteiger partial charge is 0.375 e. The minimum atomic E-state index is -2.89. The van der Waals surface area contributed by atoms with Gasteiger partial charge in [-0.3, -0.25) is 0 Å². The second-order valence-electron chi connectivity index (χ2n) is 6.78. The Kier molecular flexibility index (Phi) is 3.30. The predicted octanol–water partition coefficient (Wildman–Crippen LogP) is 3.60. The van der Waals surface area contributed by atoms with Crippen molar-refractivity contribution in [3.63, 3.8) is 0 Å². The van der Waals surface area contributed by atoms with E-state index in [0.717, 1.165) is 24.8 Å². The Labute approximate surface area is 127 Å². The van der Waals surface area contributed by atoms with E-state index in [1.54, 1.807) is 19.2 Å². The molecule has 0 unspecified atom stereocenters. The van der Waals surface area contributed by atoms with E-state index in [1.807, 2.05) is 18.2 Å². The highest BCUT2D eigenvalue weighted by Crippen LogP contribution is 2.59. The van der Waals surface area contributed by atoms with Gasteiger partial charge >= 0.3 is 0 Å². The van der Waals surface area contributed by atoms with Crippen molar-refractivity contribution < 1.29 is 9.32 Å². The van der Waals surface area contributed by atoms with Gasteiger partial charge in [-0.05, 0) is 43.2 Å². The highest BCUT2D eigenvalue weighted by Gasteiger charge is 2.58. The molecule has 0 radical (unpaired) electrons. The molecular weight excluding hydrogens is 282 g/mol. The van der Waals surface area contributed by atoms with Crippen molar-refractivity contribution >= 4 is 9.73 Å². The van der Waals surface area contributed by atoms with Crippen LogP contribution < -0.4 is 0 Å². The van der Waals surface area contributed by atoms with Crippen molar-refractivity contribution in [1.82, 2.24) is 0 Å². The smallest absolute Gasteiger partial charge is 0.158 e. The quantitative estimate of drug-likeness (QED) is 0.849. The lowest BCUT2D eigenvalue weighted by Crippen LogP contribution is -2.56. The van der Waals surface area contributed by atoms with E-state index in [4.69, 9.17) is 0 Å². The number of nitrogens with zero attached hydrogens (tertiary/aromatic N) is 1. The van der Waals surface area contributed by atoms with Crippen LogP contribution in [0.15, 0.2) is 51.7 Å². The van der Waals surface area contributed by atoms with Crippen LogP contribution in [0.4, 0.5) is 0 Å². The molecule has 0 heterocycles. The third-order valence-electron chi connectivity index (χ3n) is 5.21. The first-order chi connectivity index (χ1) is 9.85. The highest BCUT2D eigenvalue weighted by atomic mass is 32.2. The Morgan fingerprint density at radius 1 is 1.38 bits per heavy atom. The Bertz CT molecular complexity index is 690. The monoisotopic (exact) mass is 305 g/mol. The van der Waals surface area contributed by atoms with Crippen LogP contribution in [0.25, 0.3) is 0 Å². The SMILES string of the molecule is C=C1C[C@@]2(C)CC[C@H]1[C@](O)([S@](=O)(=NC)c1ccccc1)C2. The summed E-state index contributed by atoms with van der Waals surface area (Å²) in [4.78, 5) is -0.676. The Balaban J connectivity index is 2.18. The zero-order valence-electron chi connectivity index (χ0n) is 12.7. The number of hydrogen-bond acceptors (Lipinski definition) is 3. The van der Waals surface area contributed by atoms with Gasteiger partial charge in [0.1, 0.15) is 9.73 Å². The fourth-order valence-electron chi connectivity index (χ4n) is 4.25. The molecule has 3 fully saturated rings. The maximum absolute atomic E-state index is 13.7. The molecule has 3 saturated carbocycles. The van der Waals surface area contributed by atoms with Gasteiger partial charge in [0.15, 0.2) is 4.93 Å². The summed E-state index contributed by atoms with van der Waals surface area (Å²) in [5, 5.41) is 11.4. The van der Waals surface area contributed by atoms with Crippen LogP contribution in [0, 0.1) is 11.3 Å². The van der Waals surface area contributed by atoms with E-state index < -0.39 is 14.7 Å². The normalized spacial score (nSPS) is 38.0. The molecule has 3 aliphatic rings. The van der Waals surface area contributed by atoms with E-state index in [0.29, 0.717) is 11.3 Å². The molecule has 0 aromatic heterocycles. The molecule has 2 bridgehead atoms. The molecule has 114 valence electrons. The zero-order chi connectivity index (χ0) is 15.3. The maximum Gasteiger partial charge on any atom is 0.158 e. The molecule has 1 aromatic carbocycles. The first kappa shape index (κ1) is 14.8. The van der Waals surface area contributed by atoms with Crippen molar-refractivity contribution in [3.8, 4) is 0 Å². The Morgan fingerprint density at radius 3 is 2.57 bits per heavy atom. The topological polar surface area (TPSA) is 49.7 Å². The number of benzene rings is 1. The highest BCUT2D eigenvalue weighted by molar-refractivity contribution is 7.94. The molecule has 3 nitrogen and oxygen atoms in total. The third-order valence-corrected chi connectivity index (χ3v) is 8.02. The Hall–Kier alpha value is -1.13. The van der Waals surface area contributed by atoms with Gasteiger partial charge in [0, 0.05) is 13.0 Å². The molecule has 0 spiro atoms. The van der Waals surface area contributed by atoms with Gasteiger partial charge in [-0.15, -0.1) is 0 Å². The summed E-state index contributed by atoms with van der Waals surface area (Å²) in [5.41, 5.74) is 1.02. The van der Waals surface area contributed by atoms with Crippen molar-refractivity contribution in [1.29, 1.82) is 0 Å².